The van der Waals surface area contributed by atoms with Crippen LogP contribution in [0.3, 0.4) is 0 Å². The van der Waals surface area contributed by atoms with Crippen molar-refractivity contribution in [1.29, 1.82) is 0 Å². The van der Waals surface area contributed by atoms with Gasteiger partial charge in [-0.3, -0.25) is 0 Å². The van der Waals surface area contributed by atoms with Crippen molar-refractivity contribution in [2.24, 2.45) is 5.92 Å². The SMILES string of the molecule is Cc1[nH]c(C(=O)O)c(C)c1S(=O)(=O)N(CC(C)C)C(C)C. The third-order valence-electron chi connectivity index (χ3n) is 3.27. The molecule has 7 heteroatoms. The van der Waals surface area contributed by atoms with Gasteiger partial charge in [0.15, 0.2) is 0 Å². The van der Waals surface area contributed by atoms with Gasteiger partial charge in [0.1, 0.15) is 10.6 Å². The van der Waals surface area contributed by atoms with Crippen LogP contribution in [0.5, 0.6) is 0 Å². The second kappa shape index (κ2) is 6.19. The Bertz CT molecular complexity index is 630. The molecule has 120 valence electrons. The molecule has 0 aromatic carbocycles. The summed E-state index contributed by atoms with van der Waals surface area (Å²) in [6, 6.07) is -0.195. The van der Waals surface area contributed by atoms with Crippen LogP contribution in [-0.4, -0.2) is 41.4 Å². The molecule has 1 aromatic rings. The fourth-order valence-corrected chi connectivity index (χ4v) is 4.61. The lowest BCUT2D eigenvalue weighted by Crippen LogP contribution is -2.39. The van der Waals surface area contributed by atoms with Crippen molar-refractivity contribution < 1.29 is 18.3 Å². The molecule has 21 heavy (non-hydrogen) atoms. The first-order chi connectivity index (χ1) is 9.50. The lowest BCUT2D eigenvalue weighted by molar-refractivity contribution is 0.0690. The van der Waals surface area contributed by atoms with E-state index in [2.05, 4.69) is 4.98 Å². The molecule has 0 saturated heterocycles. The summed E-state index contributed by atoms with van der Waals surface area (Å²) in [5, 5.41) is 9.12. The lowest BCUT2D eigenvalue weighted by atomic mass is 10.2. The molecule has 0 aliphatic carbocycles. The van der Waals surface area contributed by atoms with E-state index in [1.54, 1.807) is 6.92 Å². The number of rotatable bonds is 6. The number of hydrogen-bond acceptors (Lipinski definition) is 3. The lowest BCUT2D eigenvalue weighted by Gasteiger charge is -2.27. The summed E-state index contributed by atoms with van der Waals surface area (Å²) in [6.45, 7) is 11.0. The highest BCUT2D eigenvalue weighted by Crippen LogP contribution is 2.28. The zero-order valence-electron chi connectivity index (χ0n) is 13.4. The van der Waals surface area contributed by atoms with E-state index in [9.17, 15) is 13.2 Å². The van der Waals surface area contributed by atoms with Crippen molar-refractivity contribution in [3.05, 3.63) is 17.0 Å². The number of carboxylic acid groups (broad SMARTS) is 1. The van der Waals surface area contributed by atoms with Gasteiger partial charge in [-0.1, -0.05) is 13.8 Å². The van der Waals surface area contributed by atoms with E-state index in [4.69, 9.17) is 5.11 Å². The summed E-state index contributed by atoms with van der Waals surface area (Å²) in [5.41, 5.74) is 0.549. The van der Waals surface area contributed by atoms with Crippen molar-refractivity contribution >= 4 is 16.0 Å². The molecule has 1 heterocycles. The Morgan fingerprint density at radius 3 is 2.10 bits per heavy atom. The molecule has 0 bridgehead atoms. The van der Waals surface area contributed by atoms with Crippen LogP contribution in [0.1, 0.15) is 49.4 Å². The Morgan fingerprint density at radius 2 is 1.76 bits per heavy atom. The van der Waals surface area contributed by atoms with Gasteiger partial charge < -0.3 is 10.1 Å². The molecule has 0 saturated carbocycles. The van der Waals surface area contributed by atoms with Gasteiger partial charge in [0.25, 0.3) is 0 Å². The summed E-state index contributed by atoms with van der Waals surface area (Å²) in [6.07, 6.45) is 0. The first kappa shape index (κ1) is 17.7. The fraction of sp³-hybridized carbons (Fsp3) is 0.643. The van der Waals surface area contributed by atoms with Crippen molar-refractivity contribution in [3.63, 3.8) is 0 Å². The molecule has 0 aliphatic heterocycles. The predicted molar refractivity (Wildman–Crippen MR) is 81.1 cm³/mol. The van der Waals surface area contributed by atoms with E-state index in [-0.39, 0.29) is 28.1 Å². The zero-order chi connectivity index (χ0) is 16.5. The van der Waals surface area contributed by atoms with Gasteiger partial charge in [0, 0.05) is 23.8 Å². The summed E-state index contributed by atoms with van der Waals surface area (Å²) >= 11 is 0. The molecule has 0 unspecified atom stereocenters. The van der Waals surface area contributed by atoms with E-state index >= 15 is 0 Å². The van der Waals surface area contributed by atoms with Gasteiger partial charge in [-0.25, -0.2) is 13.2 Å². The minimum atomic E-state index is -3.73. The second-order valence-corrected chi connectivity index (χ2v) is 7.77. The molecule has 0 amide bonds. The third kappa shape index (κ3) is 3.47. The number of sulfonamides is 1. The van der Waals surface area contributed by atoms with Crippen molar-refractivity contribution in [3.8, 4) is 0 Å². The van der Waals surface area contributed by atoms with Crippen LogP contribution in [0, 0.1) is 19.8 Å². The standard InChI is InChI=1S/C14H24N2O4S/c1-8(2)7-16(9(3)4)21(19,20)13-10(5)12(14(17)18)15-11(13)6/h8-9,15H,7H2,1-6H3,(H,17,18). The molecular formula is C14H24N2O4S. The van der Waals surface area contributed by atoms with Crippen LogP contribution < -0.4 is 0 Å². The monoisotopic (exact) mass is 316 g/mol. The smallest absolute Gasteiger partial charge is 0.352 e. The van der Waals surface area contributed by atoms with Crippen molar-refractivity contribution in [1.82, 2.24) is 9.29 Å². The van der Waals surface area contributed by atoms with Gasteiger partial charge in [0.2, 0.25) is 10.0 Å². The van der Waals surface area contributed by atoms with Crippen LogP contribution in [0.2, 0.25) is 0 Å². The second-order valence-electron chi connectivity index (χ2n) is 5.95. The predicted octanol–water partition coefficient (Wildman–Crippen LogP) is 2.38. The average Bonchev–Trinajstić information content (AvgIpc) is 2.61. The Hall–Kier alpha value is -1.34. The first-order valence-corrected chi connectivity index (χ1v) is 8.38. The third-order valence-corrected chi connectivity index (χ3v) is 5.59. The van der Waals surface area contributed by atoms with E-state index < -0.39 is 16.0 Å². The van der Waals surface area contributed by atoms with E-state index in [0.29, 0.717) is 12.2 Å². The number of aromatic amines is 1. The van der Waals surface area contributed by atoms with E-state index in [1.807, 2.05) is 27.7 Å². The quantitative estimate of drug-likeness (QED) is 0.843. The van der Waals surface area contributed by atoms with Crippen molar-refractivity contribution in [2.45, 2.75) is 52.5 Å². The maximum absolute atomic E-state index is 12.9. The number of nitrogens with one attached hydrogen (secondary N) is 1. The van der Waals surface area contributed by atoms with Crippen LogP contribution in [0.25, 0.3) is 0 Å². The number of aromatic carboxylic acids is 1. The minimum Gasteiger partial charge on any atom is -0.477 e. The first-order valence-electron chi connectivity index (χ1n) is 6.94. The van der Waals surface area contributed by atoms with Gasteiger partial charge in [-0.05, 0) is 33.6 Å². The summed E-state index contributed by atoms with van der Waals surface area (Å²) in [7, 11) is -3.73. The van der Waals surface area contributed by atoms with Crippen LogP contribution in [0.15, 0.2) is 4.90 Å². The number of aromatic nitrogens is 1. The van der Waals surface area contributed by atoms with Gasteiger partial charge >= 0.3 is 5.97 Å². The molecule has 2 N–H and O–H groups in total. The maximum Gasteiger partial charge on any atom is 0.352 e. The molecular weight excluding hydrogens is 292 g/mol. The minimum absolute atomic E-state index is 0.0701. The topological polar surface area (TPSA) is 90.5 Å². The normalized spacial score (nSPS) is 12.6. The Labute approximate surface area is 126 Å². The van der Waals surface area contributed by atoms with E-state index in [0.717, 1.165) is 0 Å². The maximum atomic E-state index is 12.9. The molecule has 0 spiro atoms. The van der Waals surface area contributed by atoms with Gasteiger partial charge in [-0.2, -0.15) is 4.31 Å². The Morgan fingerprint density at radius 1 is 1.24 bits per heavy atom. The number of H-pyrrole nitrogens is 1. The van der Waals surface area contributed by atoms with E-state index in [1.165, 1.54) is 11.2 Å². The molecule has 1 aromatic heterocycles. The highest BCUT2D eigenvalue weighted by atomic mass is 32.2. The number of carbonyl (C=O) groups is 1. The number of aryl methyl sites for hydroxylation is 1. The number of carboxylic acids is 1. The molecule has 0 atom stereocenters. The van der Waals surface area contributed by atoms with Crippen LogP contribution in [0.4, 0.5) is 0 Å². The molecule has 1 rings (SSSR count). The Kier molecular flexibility index (Phi) is 5.22. The zero-order valence-corrected chi connectivity index (χ0v) is 14.2. The summed E-state index contributed by atoms with van der Waals surface area (Å²) in [5.74, 6) is -0.974. The summed E-state index contributed by atoms with van der Waals surface area (Å²) < 4.78 is 27.2. The fourth-order valence-electron chi connectivity index (χ4n) is 2.40. The summed E-state index contributed by atoms with van der Waals surface area (Å²) in [4.78, 5) is 13.9. The average molecular weight is 316 g/mol. The highest BCUT2D eigenvalue weighted by Gasteiger charge is 2.33. The van der Waals surface area contributed by atoms with Crippen LogP contribution >= 0.6 is 0 Å². The molecule has 0 fully saturated rings. The highest BCUT2D eigenvalue weighted by molar-refractivity contribution is 7.89. The largest absolute Gasteiger partial charge is 0.477 e. The van der Waals surface area contributed by atoms with Gasteiger partial charge in [-0.15, -0.1) is 0 Å². The number of nitrogens with zero attached hydrogens (tertiary/aromatic N) is 1. The molecule has 0 radical (unpaired) electrons. The van der Waals surface area contributed by atoms with Gasteiger partial charge in [0.05, 0.1) is 0 Å². The Balaban J connectivity index is 3.45. The van der Waals surface area contributed by atoms with Crippen LogP contribution in [-0.2, 0) is 10.0 Å². The van der Waals surface area contributed by atoms with Crippen molar-refractivity contribution in [2.75, 3.05) is 6.54 Å². The molecule has 6 nitrogen and oxygen atoms in total. The molecule has 0 aliphatic rings. The number of hydrogen-bond donors (Lipinski definition) is 2.